The Hall–Kier alpha value is -1.63. The molecule has 0 fully saturated rings. The molecular weight excluding hydrogens is 256 g/mol. The van der Waals surface area contributed by atoms with Gasteiger partial charge in [-0.2, -0.15) is 0 Å². The molecule has 18 heavy (non-hydrogen) atoms. The van der Waals surface area contributed by atoms with Crippen LogP contribution >= 0.6 is 11.8 Å². The maximum absolute atomic E-state index is 10.9. The quantitative estimate of drug-likeness (QED) is 0.485. The maximum Gasteiger partial charge on any atom is 0.337 e. The van der Waals surface area contributed by atoms with Crippen LogP contribution in [0.15, 0.2) is 17.3 Å². The number of pyridine rings is 1. The lowest BCUT2D eigenvalue weighted by Crippen LogP contribution is -2.03. The van der Waals surface area contributed by atoms with Gasteiger partial charge in [-0.3, -0.25) is 10.1 Å². The van der Waals surface area contributed by atoms with Crippen LogP contribution < -0.4 is 0 Å². The molecule has 1 heterocycles. The summed E-state index contributed by atoms with van der Waals surface area (Å²) in [6.07, 6.45) is 2.13. The molecule has 0 spiro atoms. The highest BCUT2D eigenvalue weighted by atomic mass is 32.2. The van der Waals surface area contributed by atoms with E-state index in [4.69, 9.17) is 5.11 Å². The molecule has 7 heteroatoms. The van der Waals surface area contributed by atoms with Crippen molar-refractivity contribution in [2.75, 3.05) is 5.75 Å². The highest BCUT2D eigenvalue weighted by molar-refractivity contribution is 7.99. The maximum atomic E-state index is 10.9. The summed E-state index contributed by atoms with van der Waals surface area (Å²) < 4.78 is 0. The van der Waals surface area contributed by atoms with Crippen molar-refractivity contribution in [1.82, 2.24) is 4.98 Å². The second kappa shape index (κ2) is 6.34. The van der Waals surface area contributed by atoms with E-state index in [0.717, 1.165) is 24.4 Å². The lowest BCUT2D eigenvalue weighted by atomic mass is 10.2. The third-order valence-corrected chi connectivity index (χ3v) is 3.80. The van der Waals surface area contributed by atoms with Crippen molar-refractivity contribution in [3.8, 4) is 0 Å². The average Bonchev–Trinajstić information content (AvgIpc) is 2.35. The molecule has 0 aromatic carbocycles. The number of carboxylic acids is 1. The fourth-order valence-corrected chi connectivity index (χ4v) is 2.23. The van der Waals surface area contributed by atoms with Crippen molar-refractivity contribution < 1.29 is 14.8 Å². The third-order valence-electron chi connectivity index (χ3n) is 2.48. The number of hydrogen-bond acceptors (Lipinski definition) is 5. The Morgan fingerprint density at radius 2 is 2.33 bits per heavy atom. The minimum absolute atomic E-state index is 0.172. The smallest absolute Gasteiger partial charge is 0.337 e. The van der Waals surface area contributed by atoms with E-state index in [9.17, 15) is 14.9 Å². The van der Waals surface area contributed by atoms with E-state index in [1.807, 2.05) is 13.8 Å². The van der Waals surface area contributed by atoms with E-state index < -0.39 is 10.9 Å². The first kappa shape index (κ1) is 14.4. The highest BCUT2D eigenvalue weighted by Crippen LogP contribution is 2.29. The van der Waals surface area contributed by atoms with Gasteiger partial charge in [0.25, 0.3) is 0 Å². The van der Waals surface area contributed by atoms with E-state index in [1.54, 1.807) is 0 Å². The van der Waals surface area contributed by atoms with Crippen molar-refractivity contribution in [3.63, 3.8) is 0 Å². The third kappa shape index (κ3) is 3.69. The van der Waals surface area contributed by atoms with Crippen LogP contribution in [0.1, 0.15) is 30.6 Å². The van der Waals surface area contributed by atoms with Crippen LogP contribution in [0.25, 0.3) is 0 Å². The molecule has 0 saturated heterocycles. The first-order chi connectivity index (χ1) is 8.45. The summed E-state index contributed by atoms with van der Waals surface area (Å²) in [5.41, 5.74) is -0.419. The van der Waals surface area contributed by atoms with Crippen molar-refractivity contribution in [2.24, 2.45) is 5.92 Å². The SMILES string of the molecule is CCC(C)CSc1ncc(C(=O)O)cc1[N+](=O)[O-]. The first-order valence-corrected chi connectivity index (χ1v) is 6.44. The molecule has 1 rings (SSSR count). The zero-order valence-electron chi connectivity index (χ0n) is 10.1. The van der Waals surface area contributed by atoms with E-state index in [0.29, 0.717) is 5.92 Å². The van der Waals surface area contributed by atoms with Crippen LogP contribution in [-0.4, -0.2) is 26.7 Å². The molecule has 0 radical (unpaired) electrons. The van der Waals surface area contributed by atoms with Crippen LogP contribution in [0.4, 0.5) is 5.69 Å². The monoisotopic (exact) mass is 270 g/mol. The van der Waals surface area contributed by atoms with Gasteiger partial charge in [0.05, 0.1) is 10.5 Å². The van der Waals surface area contributed by atoms with Crippen LogP contribution in [-0.2, 0) is 0 Å². The fraction of sp³-hybridized carbons (Fsp3) is 0.455. The van der Waals surface area contributed by atoms with Crippen molar-refractivity contribution >= 4 is 23.4 Å². The molecule has 0 saturated carbocycles. The van der Waals surface area contributed by atoms with Gasteiger partial charge < -0.3 is 5.11 Å². The number of hydrogen-bond donors (Lipinski definition) is 1. The molecule has 1 N–H and O–H groups in total. The molecule has 1 unspecified atom stereocenters. The van der Waals surface area contributed by atoms with Crippen LogP contribution in [0.3, 0.4) is 0 Å². The summed E-state index contributed by atoms with van der Waals surface area (Å²) in [6, 6.07) is 1.05. The Labute approximate surface area is 109 Å². The predicted molar refractivity (Wildman–Crippen MR) is 68.0 cm³/mol. The molecule has 0 bridgehead atoms. The second-order valence-electron chi connectivity index (χ2n) is 3.93. The number of carboxylic acid groups (broad SMARTS) is 1. The lowest BCUT2D eigenvalue weighted by Gasteiger charge is -2.07. The summed E-state index contributed by atoms with van der Waals surface area (Å²) in [6.45, 7) is 4.09. The van der Waals surface area contributed by atoms with Gasteiger partial charge >= 0.3 is 11.7 Å². The first-order valence-electron chi connectivity index (χ1n) is 5.46. The molecule has 98 valence electrons. The number of aromatic carboxylic acids is 1. The number of thioether (sulfide) groups is 1. The molecular formula is C11H14N2O4S. The number of rotatable bonds is 6. The number of nitrogens with zero attached hydrogens (tertiary/aromatic N) is 2. The molecule has 1 aromatic rings. The van der Waals surface area contributed by atoms with Gasteiger partial charge in [0, 0.05) is 18.0 Å². The Bertz CT molecular complexity index is 464. The predicted octanol–water partition coefficient (Wildman–Crippen LogP) is 2.83. The Morgan fingerprint density at radius 1 is 1.67 bits per heavy atom. The topological polar surface area (TPSA) is 93.3 Å². The van der Waals surface area contributed by atoms with E-state index >= 15 is 0 Å². The number of carbonyl (C=O) groups is 1. The summed E-state index contributed by atoms with van der Waals surface area (Å²) in [5, 5.41) is 19.9. The summed E-state index contributed by atoms with van der Waals surface area (Å²) in [4.78, 5) is 24.9. The van der Waals surface area contributed by atoms with Gasteiger partial charge in [-0.15, -0.1) is 0 Å². The van der Waals surface area contributed by atoms with Gasteiger partial charge in [0.1, 0.15) is 0 Å². The van der Waals surface area contributed by atoms with Gasteiger partial charge in [-0.25, -0.2) is 9.78 Å². The fourth-order valence-electron chi connectivity index (χ4n) is 1.14. The van der Waals surface area contributed by atoms with Gasteiger partial charge in [0.2, 0.25) is 0 Å². The largest absolute Gasteiger partial charge is 0.478 e. The normalized spacial score (nSPS) is 12.1. The molecule has 6 nitrogen and oxygen atoms in total. The zero-order valence-corrected chi connectivity index (χ0v) is 10.9. The van der Waals surface area contributed by atoms with Gasteiger partial charge in [0.15, 0.2) is 5.03 Å². The minimum Gasteiger partial charge on any atom is -0.478 e. The van der Waals surface area contributed by atoms with Crippen LogP contribution in [0.2, 0.25) is 0 Å². The van der Waals surface area contributed by atoms with Crippen LogP contribution in [0, 0.1) is 16.0 Å². The Morgan fingerprint density at radius 3 is 2.83 bits per heavy atom. The lowest BCUT2D eigenvalue weighted by molar-refractivity contribution is -0.388. The molecule has 1 aromatic heterocycles. The van der Waals surface area contributed by atoms with Crippen LogP contribution in [0.5, 0.6) is 0 Å². The molecule has 0 aliphatic heterocycles. The van der Waals surface area contributed by atoms with E-state index in [2.05, 4.69) is 4.98 Å². The van der Waals surface area contributed by atoms with E-state index in [1.165, 1.54) is 11.8 Å². The van der Waals surface area contributed by atoms with Crippen molar-refractivity contribution in [2.45, 2.75) is 25.3 Å². The summed E-state index contributed by atoms with van der Waals surface area (Å²) in [7, 11) is 0. The zero-order chi connectivity index (χ0) is 13.7. The summed E-state index contributed by atoms with van der Waals surface area (Å²) in [5.74, 6) is -0.0730. The summed E-state index contributed by atoms with van der Waals surface area (Å²) >= 11 is 1.28. The standard InChI is InChI=1S/C11H14N2O4S/c1-3-7(2)6-18-10-9(13(16)17)4-8(5-12-10)11(14)15/h4-5,7H,3,6H2,1-2H3,(H,14,15). The number of nitro groups is 1. The highest BCUT2D eigenvalue weighted by Gasteiger charge is 2.19. The second-order valence-corrected chi connectivity index (χ2v) is 4.94. The number of aromatic nitrogens is 1. The minimum atomic E-state index is -1.22. The van der Waals surface area contributed by atoms with Crippen molar-refractivity contribution in [3.05, 3.63) is 27.9 Å². The van der Waals surface area contributed by atoms with E-state index in [-0.39, 0.29) is 16.3 Å². The molecule has 0 aliphatic carbocycles. The van der Waals surface area contributed by atoms with Gasteiger partial charge in [-0.1, -0.05) is 32.0 Å². The molecule has 1 atom stereocenters. The van der Waals surface area contributed by atoms with Crippen molar-refractivity contribution in [1.29, 1.82) is 0 Å². The Balaban J connectivity index is 2.97. The molecule has 0 aliphatic rings. The molecule has 0 amide bonds. The Kier molecular flexibility index (Phi) is 5.08. The van der Waals surface area contributed by atoms with Gasteiger partial charge in [-0.05, 0) is 5.92 Å². The average molecular weight is 270 g/mol.